The van der Waals surface area contributed by atoms with E-state index in [2.05, 4.69) is 36.9 Å². The van der Waals surface area contributed by atoms with Crippen LogP contribution >= 0.6 is 0 Å². The van der Waals surface area contributed by atoms with E-state index >= 15 is 0 Å². The SMILES string of the molecule is C[C@@H]1CCc2nnc(-c3cccc(NC(=O)c4cc5c(cc4F)CCN(C)C5)n3)n21. The summed E-state index contributed by atoms with van der Waals surface area (Å²) in [6.45, 7) is 3.73. The molecule has 2 aliphatic rings. The lowest BCUT2D eigenvalue weighted by Crippen LogP contribution is -2.27. The maximum atomic E-state index is 14.6. The molecule has 2 aliphatic heterocycles. The maximum absolute atomic E-state index is 14.6. The van der Waals surface area contributed by atoms with Crippen LogP contribution in [0.1, 0.15) is 46.7 Å². The molecule has 1 amide bonds. The van der Waals surface area contributed by atoms with Crippen molar-refractivity contribution in [1.82, 2.24) is 24.6 Å². The van der Waals surface area contributed by atoms with Crippen LogP contribution in [-0.4, -0.2) is 44.1 Å². The van der Waals surface area contributed by atoms with Crippen molar-refractivity contribution in [3.8, 4) is 11.5 Å². The molecule has 7 nitrogen and oxygen atoms in total. The van der Waals surface area contributed by atoms with E-state index in [1.54, 1.807) is 18.2 Å². The minimum absolute atomic E-state index is 0.0354. The summed E-state index contributed by atoms with van der Waals surface area (Å²) in [5.41, 5.74) is 2.63. The molecular weight excluding hydrogens is 383 g/mol. The van der Waals surface area contributed by atoms with Crippen LogP contribution in [0.2, 0.25) is 0 Å². The highest BCUT2D eigenvalue weighted by atomic mass is 19.1. The number of hydrogen-bond donors (Lipinski definition) is 1. The van der Waals surface area contributed by atoms with Crippen molar-refractivity contribution in [3.63, 3.8) is 0 Å². The lowest BCUT2D eigenvalue weighted by atomic mass is 9.97. The largest absolute Gasteiger partial charge is 0.307 e. The van der Waals surface area contributed by atoms with Crippen molar-refractivity contribution in [2.45, 2.75) is 38.8 Å². The highest BCUT2D eigenvalue weighted by Crippen LogP contribution is 2.30. The van der Waals surface area contributed by atoms with Crippen molar-refractivity contribution in [2.75, 3.05) is 18.9 Å². The zero-order valence-electron chi connectivity index (χ0n) is 17.0. The van der Waals surface area contributed by atoms with Gasteiger partial charge in [-0.15, -0.1) is 10.2 Å². The van der Waals surface area contributed by atoms with Crippen molar-refractivity contribution in [3.05, 3.63) is 58.7 Å². The fourth-order valence-corrected chi connectivity index (χ4v) is 4.31. The predicted octanol–water partition coefficient (Wildman–Crippen LogP) is 3.23. The van der Waals surface area contributed by atoms with Gasteiger partial charge in [-0.1, -0.05) is 6.07 Å². The molecule has 4 heterocycles. The second-order valence-electron chi connectivity index (χ2n) is 8.15. The minimum atomic E-state index is -0.506. The third kappa shape index (κ3) is 3.27. The van der Waals surface area contributed by atoms with Gasteiger partial charge in [0.2, 0.25) is 0 Å². The number of nitrogens with zero attached hydrogens (tertiary/aromatic N) is 5. The first-order valence-electron chi connectivity index (χ1n) is 10.2. The Balaban J connectivity index is 1.41. The van der Waals surface area contributed by atoms with Crippen molar-refractivity contribution in [2.24, 2.45) is 0 Å². The summed E-state index contributed by atoms with van der Waals surface area (Å²) in [5.74, 6) is 0.989. The summed E-state index contributed by atoms with van der Waals surface area (Å²) in [6, 6.07) is 8.79. The highest BCUT2D eigenvalue weighted by Gasteiger charge is 2.25. The smallest absolute Gasteiger partial charge is 0.259 e. The number of halogens is 1. The first kappa shape index (κ1) is 18.9. The van der Waals surface area contributed by atoms with Crippen LogP contribution in [0.4, 0.5) is 10.2 Å². The van der Waals surface area contributed by atoms with Crippen LogP contribution in [0.15, 0.2) is 30.3 Å². The normalized spacial score (nSPS) is 18.2. The number of likely N-dealkylation sites (N-methyl/N-ethyl adjacent to an activating group) is 1. The lowest BCUT2D eigenvalue weighted by molar-refractivity contribution is 0.102. The third-order valence-corrected chi connectivity index (χ3v) is 5.95. The Hall–Kier alpha value is -3.13. The summed E-state index contributed by atoms with van der Waals surface area (Å²) in [6.07, 6.45) is 2.72. The van der Waals surface area contributed by atoms with Crippen LogP contribution < -0.4 is 5.32 Å². The van der Waals surface area contributed by atoms with E-state index in [1.165, 1.54) is 6.07 Å². The average molecular weight is 406 g/mol. The quantitative estimate of drug-likeness (QED) is 0.723. The van der Waals surface area contributed by atoms with Gasteiger partial charge < -0.3 is 14.8 Å². The number of hydrogen-bond acceptors (Lipinski definition) is 5. The number of nitrogens with one attached hydrogen (secondary N) is 1. The van der Waals surface area contributed by atoms with Crippen molar-refractivity contribution < 1.29 is 9.18 Å². The molecule has 0 unspecified atom stereocenters. The fraction of sp³-hybridized carbons (Fsp3) is 0.364. The van der Waals surface area contributed by atoms with E-state index in [-0.39, 0.29) is 5.56 Å². The number of anilines is 1. The van der Waals surface area contributed by atoms with E-state index in [0.29, 0.717) is 29.9 Å². The number of carbonyl (C=O) groups is 1. The standard InChI is InChI=1S/C22H23FN6O/c1-13-6-7-20-26-27-21(29(13)20)18-4-3-5-19(24-18)25-22(30)16-10-15-12-28(2)9-8-14(15)11-17(16)23/h3-5,10-11,13H,6-9,12H2,1-2H3,(H,24,25,30)/t13-/m1/s1. The molecule has 0 spiro atoms. The number of aromatic nitrogens is 4. The third-order valence-electron chi connectivity index (χ3n) is 5.95. The number of carbonyl (C=O) groups excluding carboxylic acids is 1. The Labute approximate surface area is 174 Å². The molecule has 5 rings (SSSR count). The number of fused-ring (bicyclic) bond motifs is 2. The van der Waals surface area contributed by atoms with Gasteiger partial charge in [0.1, 0.15) is 23.2 Å². The highest BCUT2D eigenvalue weighted by molar-refractivity contribution is 6.04. The zero-order chi connectivity index (χ0) is 20.8. The first-order chi connectivity index (χ1) is 14.5. The van der Waals surface area contributed by atoms with Crippen LogP contribution in [0.25, 0.3) is 11.5 Å². The Morgan fingerprint density at radius 3 is 2.93 bits per heavy atom. The molecule has 1 aromatic carbocycles. The summed E-state index contributed by atoms with van der Waals surface area (Å²) < 4.78 is 16.7. The number of rotatable bonds is 3. The first-order valence-corrected chi connectivity index (χ1v) is 10.2. The van der Waals surface area contributed by atoms with Gasteiger partial charge in [0.15, 0.2) is 5.82 Å². The molecule has 1 atom stereocenters. The minimum Gasteiger partial charge on any atom is -0.307 e. The maximum Gasteiger partial charge on any atom is 0.259 e. The number of benzene rings is 1. The van der Waals surface area contributed by atoms with Crippen LogP contribution in [0, 0.1) is 5.82 Å². The molecule has 0 saturated carbocycles. The molecule has 30 heavy (non-hydrogen) atoms. The van der Waals surface area contributed by atoms with Gasteiger partial charge in [-0.05, 0) is 62.2 Å². The summed E-state index contributed by atoms with van der Waals surface area (Å²) in [4.78, 5) is 19.5. The van der Waals surface area contributed by atoms with Crippen molar-refractivity contribution >= 4 is 11.7 Å². The van der Waals surface area contributed by atoms with Gasteiger partial charge >= 0.3 is 0 Å². The van der Waals surface area contributed by atoms with E-state index in [1.807, 2.05) is 13.1 Å². The molecule has 154 valence electrons. The van der Waals surface area contributed by atoms with Gasteiger partial charge in [0, 0.05) is 25.6 Å². The second-order valence-corrected chi connectivity index (χ2v) is 8.15. The molecule has 0 bridgehead atoms. The molecule has 0 radical (unpaired) electrons. The second kappa shape index (κ2) is 7.28. The zero-order valence-corrected chi connectivity index (χ0v) is 17.0. The average Bonchev–Trinajstić information content (AvgIpc) is 3.31. The molecule has 1 N–H and O–H groups in total. The number of pyridine rings is 1. The van der Waals surface area contributed by atoms with Gasteiger partial charge in [-0.2, -0.15) is 0 Å². The topological polar surface area (TPSA) is 75.9 Å². The molecule has 8 heteroatoms. The Morgan fingerprint density at radius 1 is 1.20 bits per heavy atom. The molecule has 2 aromatic heterocycles. The van der Waals surface area contributed by atoms with Crippen LogP contribution in [0.5, 0.6) is 0 Å². The number of aryl methyl sites for hydroxylation is 1. The summed E-state index contributed by atoms with van der Waals surface area (Å²) >= 11 is 0. The molecule has 3 aromatic rings. The monoisotopic (exact) mass is 406 g/mol. The Bertz CT molecular complexity index is 1140. The molecule has 0 aliphatic carbocycles. The molecule has 0 fully saturated rings. The van der Waals surface area contributed by atoms with Gasteiger partial charge in [0.25, 0.3) is 5.91 Å². The Kier molecular flexibility index (Phi) is 4.58. The van der Waals surface area contributed by atoms with E-state index < -0.39 is 11.7 Å². The number of amides is 1. The van der Waals surface area contributed by atoms with Gasteiger partial charge in [-0.25, -0.2) is 9.37 Å². The lowest BCUT2D eigenvalue weighted by Gasteiger charge is -2.25. The fourth-order valence-electron chi connectivity index (χ4n) is 4.31. The van der Waals surface area contributed by atoms with E-state index in [4.69, 9.17) is 0 Å². The van der Waals surface area contributed by atoms with Crippen LogP contribution in [-0.2, 0) is 19.4 Å². The van der Waals surface area contributed by atoms with Gasteiger partial charge in [-0.3, -0.25) is 4.79 Å². The Morgan fingerprint density at radius 2 is 2.07 bits per heavy atom. The van der Waals surface area contributed by atoms with Crippen LogP contribution in [0.3, 0.4) is 0 Å². The summed E-state index contributed by atoms with van der Waals surface area (Å²) in [5, 5.41) is 11.3. The van der Waals surface area contributed by atoms with E-state index in [0.717, 1.165) is 42.8 Å². The van der Waals surface area contributed by atoms with E-state index in [9.17, 15) is 9.18 Å². The molecule has 0 saturated heterocycles. The molecular formula is C22H23FN6O. The predicted molar refractivity (Wildman–Crippen MR) is 111 cm³/mol. The van der Waals surface area contributed by atoms with Crippen molar-refractivity contribution in [1.29, 1.82) is 0 Å². The van der Waals surface area contributed by atoms with Gasteiger partial charge in [0.05, 0.1) is 5.56 Å². The summed E-state index contributed by atoms with van der Waals surface area (Å²) in [7, 11) is 2.02.